The van der Waals surface area contributed by atoms with Crippen LogP contribution in [0.5, 0.6) is 5.75 Å². The van der Waals surface area contributed by atoms with E-state index in [9.17, 15) is 0 Å². The van der Waals surface area contributed by atoms with Crippen LogP contribution in [0, 0.1) is 11.8 Å². The third-order valence-electron chi connectivity index (χ3n) is 3.94. The smallest absolute Gasteiger partial charge is 0.122 e. The molecule has 2 nitrogen and oxygen atoms in total. The monoisotopic (exact) mass is 247 g/mol. The standard InChI is InChI=1S/C16H25NO/c1-11(2)8-15-12(3)9-14-13(10-17-15)6-5-7-16(14)18-4/h5-7,11-12,15,17H,8-10H2,1-4H3. The summed E-state index contributed by atoms with van der Waals surface area (Å²) in [5.74, 6) is 2.45. The van der Waals surface area contributed by atoms with Crippen molar-refractivity contribution < 1.29 is 4.74 Å². The van der Waals surface area contributed by atoms with E-state index in [-0.39, 0.29) is 0 Å². The molecule has 1 aromatic carbocycles. The van der Waals surface area contributed by atoms with Gasteiger partial charge in [-0.3, -0.25) is 0 Å². The van der Waals surface area contributed by atoms with Crippen molar-refractivity contribution in [2.24, 2.45) is 11.8 Å². The SMILES string of the molecule is COc1cccc2c1CC(C)C(CC(C)C)NC2. The van der Waals surface area contributed by atoms with Crippen LogP contribution in [-0.4, -0.2) is 13.2 Å². The summed E-state index contributed by atoms with van der Waals surface area (Å²) in [5.41, 5.74) is 2.79. The molecule has 2 atom stereocenters. The summed E-state index contributed by atoms with van der Waals surface area (Å²) >= 11 is 0. The lowest BCUT2D eigenvalue weighted by molar-refractivity contribution is 0.326. The molecule has 0 aliphatic carbocycles. The first-order chi connectivity index (χ1) is 8.61. The molecule has 2 rings (SSSR count). The minimum atomic E-state index is 0.613. The Morgan fingerprint density at radius 2 is 2.17 bits per heavy atom. The lowest BCUT2D eigenvalue weighted by Gasteiger charge is -2.24. The number of ether oxygens (including phenoxy) is 1. The second-order valence-corrected chi connectivity index (χ2v) is 5.90. The van der Waals surface area contributed by atoms with Gasteiger partial charge in [0.25, 0.3) is 0 Å². The average Bonchev–Trinajstić information content (AvgIpc) is 2.49. The van der Waals surface area contributed by atoms with Crippen molar-refractivity contribution in [2.45, 2.75) is 46.2 Å². The van der Waals surface area contributed by atoms with Crippen LogP contribution in [-0.2, 0) is 13.0 Å². The largest absolute Gasteiger partial charge is 0.496 e. The quantitative estimate of drug-likeness (QED) is 0.884. The van der Waals surface area contributed by atoms with Crippen LogP contribution in [0.2, 0.25) is 0 Å². The minimum Gasteiger partial charge on any atom is -0.496 e. The van der Waals surface area contributed by atoms with E-state index in [0.717, 1.165) is 24.6 Å². The van der Waals surface area contributed by atoms with Gasteiger partial charge in [0, 0.05) is 12.6 Å². The average molecular weight is 247 g/mol. The van der Waals surface area contributed by atoms with E-state index < -0.39 is 0 Å². The van der Waals surface area contributed by atoms with Crippen LogP contribution in [0.1, 0.15) is 38.3 Å². The third kappa shape index (κ3) is 2.86. The van der Waals surface area contributed by atoms with Crippen LogP contribution >= 0.6 is 0 Å². The fourth-order valence-electron chi connectivity index (χ4n) is 2.93. The van der Waals surface area contributed by atoms with Crippen molar-refractivity contribution in [3.8, 4) is 5.75 Å². The van der Waals surface area contributed by atoms with Gasteiger partial charge in [0.1, 0.15) is 5.75 Å². The van der Waals surface area contributed by atoms with Gasteiger partial charge in [-0.2, -0.15) is 0 Å². The van der Waals surface area contributed by atoms with Crippen LogP contribution in [0.3, 0.4) is 0 Å². The maximum Gasteiger partial charge on any atom is 0.122 e. The molecule has 18 heavy (non-hydrogen) atoms. The van der Waals surface area contributed by atoms with Crippen LogP contribution < -0.4 is 10.1 Å². The molecule has 0 spiro atoms. The normalized spacial score (nSPS) is 23.6. The van der Waals surface area contributed by atoms with Gasteiger partial charge in [0.05, 0.1) is 7.11 Å². The highest BCUT2D eigenvalue weighted by Gasteiger charge is 2.24. The number of fused-ring (bicyclic) bond motifs is 1. The fourth-order valence-corrected chi connectivity index (χ4v) is 2.93. The van der Waals surface area contributed by atoms with Gasteiger partial charge in [-0.15, -0.1) is 0 Å². The first-order valence-electron chi connectivity index (χ1n) is 7.00. The Bertz CT molecular complexity index is 400. The van der Waals surface area contributed by atoms with Gasteiger partial charge < -0.3 is 10.1 Å². The molecule has 2 unspecified atom stereocenters. The topological polar surface area (TPSA) is 21.3 Å². The zero-order valence-corrected chi connectivity index (χ0v) is 12.0. The Hall–Kier alpha value is -1.02. The molecule has 0 radical (unpaired) electrons. The van der Waals surface area contributed by atoms with E-state index in [0.29, 0.717) is 12.0 Å². The van der Waals surface area contributed by atoms with Crippen molar-refractivity contribution in [2.75, 3.05) is 7.11 Å². The van der Waals surface area contributed by atoms with E-state index in [1.165, 1.54) is 17.5 Å². The fraction of sp³-hybridized carbons (Fsp3) is 0.625. The summed E-state index contributed by atoms with van der Waals surface area (Å²) < 4.78 is 5.51. The third-order valence-corrected chi connectivity index (χ3v) is 3.94. The Balaban J connectivity index is 2.22. The van der Waals surface area contributed by atoms with Crippen molar-refractivity contribution in [1.29, 1.82) is 0 Å². The predicted octanol–water partition coefficient (Wildman–Crippen LogP) is 3.39. The first-order valence-corrected chi connectivity index (χ1v) is 7.00. The summed E-state index contributed by atoms with van der Waals surface area (Å²) in [4.78, 5) is 0. The highest BCUT2D eigenvalue weighted by molar-refractivity contribution is 5.41. The molecule has 0 amide bonds. The van der Waals surface area contributed by atoms with E-state index >= 15 is 0 Å². The summed E-state index contributed by atoms with van der Waals surface area (Å²) in [7, 11) is 1.77. The lowest BCUT2D eigenvalue weighted by atomic mass is 9.89. The van der Waals surface area contributed by atoms with Crippen LogP contribution in [0.25, 0.3) is 0 Å². The second kappa shape index (κ2) is 5.75. The minimum absolute atomic E-state index is 0.613. The summed E-state index contributed by atoms with van der Waals surface area (Å²) in [6.45, 7) is 7.91. The van der Waals surface area contributed by atoms with Crippen molar-refractivity contribution in [3.05, 3.63) is 29.3 Å². The maximum absolute atomic E-state index is 5.51. The van der Waals surface area contributed by atoms with Crippen molar-refractivity contribution in [3.63, 3.8) is 0 Å². The number of methoxy groups -OCH3 is 1. The van der Waals surface area contributed by atoms with Gasteiger partial charge in [0.15, 0.2) is 0 Å². The lowest BCUT2D eigenvalue weighted by Crippen LogP contribution is -2.34. The molecular weight excluding hydrogens is 222 g/mol. The molecular formula is C16H25NO. The molecule has 1 N–H and O–H groups in total. The zero-order valence-electron chi connectivity index (χ0n) is 12.0. The molecule has 0 saturated carbocycles. The van der Waals surface area contributed by atoms with Crippen molar-refractivity contribution >= 4 is 0 Å². The van der Waals surface area contributed by atoms with Crippen LogP contribution in [0.4, 0.5) is 0 Å². The molecule has 100 valence electrons. The van der Waals surface area contributed by atoms with Gasteiger partial charge in [-0.1, -0.05) is 32.9 Å². The van der Waals surface area contributed by atoms with E-state index in [4.69, 9.17) is 4.74 Å². The molecule has 1 aliphatic rings. The number of hydrogen-bond donors (Lipinski definition) is 1. The van der Waals surface area contributed by atoms with Gasteiger partial charge in [-0.25, -0.2) is 0 Å². The Morgan fingerprint density at radius 1 is 1.39 bits per heavy atom. The van der Waals surface area contributed by atoms with E-state index in [1.807, 2.05) is 0 Å². The molecule has 1 aliphatic heterocycles. The number of hydrogen-bond acceptors (Lipinski definition) is 2. The Labute approximate surface area is 111 Å². The summed E-state index contributed by atoms with van der Waals surface area (Å²) in [5, 5.41) is 3.71. The number of rotatable bonds is 3. The molecule has 0 saturated heterocycles. The highest BCUT2D eigenvalue weighted by atomic mass is 16.5. The van der Waals surface area contributed by atoms with E-state index in [2.05, 4.69) is 44.3 Å². The van der Waals surface area contributed by atoms with Gasteiger partial charge in [0.2, 0.25) is 0 Å². The highest BCUT2D eigenvalue weighted by Crippen LogP contribution is 2.30. The molecule has 1 aromatic rings. The zero-order chi connectivity index (χ0) is 13.1. The first kappa shape index (κ1) is 13.4. The van der Waals surface area contributed by atoms with E-state index in [1.54, 1.807) is 7.11 Å². The number of nitrogens with one attached hydrogen (secondary N) is 1. The maximum atomic E-state index is 5.51. The molecule has 2 heteroatoms. The Kier molecular flexibility index (Phi) is 4.28. The second-order valence-electron chi connectivity index (χ2n) is 5.90. The predicted molar refractivity (Wildman–Crippen MR) is 75.9 cm³/mol. The Morgan fingerprint density at radius 3 is 2.83 bits per heavy atom. The number of benzene rings is 1. The molecule has 0 aromatic heterocycles. The molecule has 0 fully saturated rings. The molecule has 0 bridgehead atoms. The van der Waals surface area contributed by atoms with Crippen molar-refractivity contribution in [1.82, 2.24) is 5.32 Å². The van der Waals surface area contributed by atoms with Crippen LogP contribution in [0.15, 0.2) is 18.2 Å². The summed E-state index contributed by atoms with van der Waals surface area (Å²) in [6.07, 6.45) is 2.36. The van der Waals surface area contributed by atoms with Gasteiger partial charge in [-0.05, 0) is 41.9 Å². The molecule has 1 heterocycles. The van der Waals surface area contributed by atoms with Gasteiger partial charge >= 0.3 is 0 Å². The summed E-state index contributed by atoms with van der Waals surface area (Å²) in [6, 6.07) is 7.00.